The maximum absolute atomic E-state index is 16.9. The number of pyridine rings is 1. The lowest BCUT2D eigenvalue weighted by Gasteiger charge is -2.48. The zero-order valence-corrected chi connectivity index (χ0v) is 43.5. The van der Waals surface area contributed by atoms with E-state index >= 15 is 4.39 Å². The Balaban J connectivity index is 0.000000207. The minimum atomic E-state index is -0.717. The first-order valence-electron chi connectivity index (χ1n) is 27.3. The summed E-state index contributed by atoms with van der Waals surface area (Å²) in [7, 11) is 3.99. The minimum absolute atomic E-state index is 0.00691. The summed E-state index contributed by atoms with van der Waals surface area (Å²) < 4.78 is 38.1. The molecule has 5 N–H and O–H groups in total. The highest BCUT2D eigenvalue weighted by atomic mass is 19.1. The van der Waals surface area contributed by atoms with E-state index in [4.69, 9.17) is 21.6 Å². The number of hydrogen-bond donors (Lipinski definition) is 5. The molecule has 13 rings (SSSR count). The van der Waals surface area contributed by atoms with Crippen molar-refractivity contribution >= 4 is 57.0 Å². The summed E-state index contributed by atoms with van der Waals surface area (Å²) in [5.41, 5.74) is 3.71. The quantitative estimate of drug-likeness (QED) is 0.0351. The number of aldehydes is 1. The number of phenols is 1. The number of aromatic hydroxyl groups is 1. The van der Waals surface area contributed by atoms with Crippen molar-refractivity contribution in [3.8, 4) is 35.4 Å². The van der Waals surface area contributed by atoms with Crippen molar-refractivity contribution in [3.63, 3.8) is 0 Å². The molecule has 8 aliphatic rings. The second kappa shape index (κ2) is 21.1. The molecule has 1 spiro atoms. The first kappa shape index (κ1) is 51.5. The summed E-state index contributed by atoms with van der Waals surface area (Å²) in [6.07, 6.45) is 21.3. The van der Waals surface area contributed by atoms with Gasteiger partial charge in [-0.05, 0) is 157 Å². The molecule has 3 aromatic carbocycles. The van der Waals surface area contributed by atoms with Crippen molar-refractivity contribution in [3.05, 3.63) is 77.0 Å². The summed E-state index contributed by atoms with van der Waals surface area (Å²) in [5, 5.41) is 29.4. The molecule has 2 saturated carbocycles. The molecule has 8 heterocycles. The van der Waals surface area contributed by atoms with Crippen LogP contribution in [0, 0.1) is 52.1 Å². The van der Waals surface area contributed by atoms with E-state index in [2.05, 4.69) is 65.7 Å². The van der Waals surface area contributed by atoms with Gasteiger partial charge in [0.2, 0.25) is 11.8 Å². The van der Waals surface area contributed by atoms with Gasteiger partial charge in [-0.15, -0.1) is 6.42 Å². The van der Waals surface area contributed by atoms with Crippen LogP contribution in [0.1, 0.15) is 106 Å². The molecule has 2 amide bonds. The largest absolute Gasteiger partial charge is 0.508 e. The van der Waals surface area contributed by atoms with Gasteiger partial charge in [0, 0.05) is 84.9 Å². The number of carbonyl (C=O) groups excluding carboxylic acids is 3. The molecule has 3 unspecified atom stereocenters. The SMILES string of the molecule is C#Cc1c(F)ccc2cc(O)cc(-c3ncc4c(N5CC6CC(C5)N6)nc(OCC5(CN6CCC7(CCC(C=O)CC7)CC6)CC5)nc4c3F)c12.CNc1cc(C2CCN(C)CC2)ccc1C(=N)C1CCC(=O)NC1=O. The van der Waals surface area contributed by atoms with Crippen LogP contribution in [0.2, 0.25) is 0 Å². The topological polar surface area (TPSA) is 189 Å². The summed E-state index contributed by atoms with van der Waals surface area (Å²) >= 11 is 0. The van der Waals surface area contributed by atoms with Crippen molar-refractivity contribution in [1.29, 1.82) is 5.41 Å². The highest BCUT2D eigenvalue weighted by Crippen LogP contribution is 2.50. The number of piperazine rings is 1. The first-order valence-corrected chi connectivity index (χ1v) is 27.3. The Hall–Kier alpha value is -6.61. The molecule has 76 heavy (non-hydrogen) atoms. The van der Waals surface area contributed by atoms with E-state index in [0.29, 0.717) is 64.8 Å². The third-order valence-corrected chi connectivity index (χ3v) is 17.9. The van der Waals surface area contributed by atoms with Crippen molar-refractivity contribution < 1.29 is 33.0 Å². The lowest BCUT2D eigenvalue weighted by atomic mass is 9.65. The fourth-order valence-corrected chi connectivity index (χ4v) is 13.0. The van der Waals surface area contributed by atoms with E-state index in [1.165, 1.54) is 42.7 Å². The lowest BCUT2D eigenvalue weighted by molar-refractivity contribution is -0.134. The molecule has 398 valence electrons. The number of anilines is 2. The van der Waals surface area contributed by atoms with Crippen LogP contribution in [-0.2, 0) is 14.4 Å². The van der Waals surface area contributed by atoms with Crippen LogP contribution in [0.4, 0.5) is 20.3 Å². The predicted molar refractivity (Wildman–Crippen MR) is 289 cm³/mol. The average molecular weight is 1040 g/mol. The number of piperidine rings is 4. The molecule has 8 fully saturated rings. The number of ether oxygens (including phenoxy) is 1. The van der Waals surface area contributed by atoms with Gasteiger partial charge in [0.15, 0.2) is 5.82 Å². The van der Waals surface area contributed by atoms with E-state index in [1.807, 2.05) is 13.1 Å². The van der Waals surface area contributed by atoms with E-state index in [1.54, 1.807) is 6.20 Å². The van der Waals surface area contributed by atoms with E-state index in [-0.39, 0.29) is 63.0 Å². The zero-order chi connectivity index (χ0) is 52.9. The number of terminal acetylenes is 1. The van der Waals surface area contributed by atoms with Gasteiger partial charge in [-0.1, -0.05) is 24.1 Å². The minimum Gasteiger partial charge on any atom is -0.508 e. The van der Waals surface area contributed by atoms with Crippen molar-refractivity contribution in [2.75, 3.05) is 76.7 Å². The van der Waals surface area contributed by atoms with Crippen LogP contribution in [0.25, 0.3) is 32.9 Å². The molecule has 2 aromatic heterocycles. The van der Waals surface area contributed by atoms with Gasteiger partial charge in [0.1, 0.15) is 34.9 Å². The maximum Gasteiger partial charge on any atom is 0.319 e. The van der Waals surface area contributed by atoms with Crippen molar-refractivity contribution in [2.24, 2.45) is 22.7 Å². The summed E-state index contributed by atoms with van der Waals surface area (Å²) in [4.78, 5) is 55.8. The second-order valence-corrected chi connectivity index (χ2v) is 23.0. The van der Waals surface area contributed by atoms with Crippen LogP contribution >= 0.6 is 0 Å². The molecule has 5 aromatic rings. The Morgan fingerprint density at radius 2 is 1.71 bits per heavy atom. The van der Waals surface area contributed by atoms with E-state index in [0.717, 1.165) is 121 Å². The van der Waals surface area contributed by atoms with Crippen LogP contribution in [-0.4, -0.2) is 132 Å². The normalized spacial score (nSPS) is 23.5. The molecule has 15 nitrogen and oxygen atoms in total. The predicted octanol–water partition coefficient (Wildman–Crippen LogP) is 7.95. The molecule has 2 bridgehead atoms. The number of likely N-dealkylation sites (tertiary alicyclic amines) is 2. The number of halogens is 2. The molecule has 6 saturated heterocycles. The van der Waals surface area contributed by atoms with Crippen molar-refractivity contribution in [1.82, 2.24) is 35.4 Å². The van der Waals surface area contributed by atoms with Crippen molar-refractivity contribution in [2.45, 2.75) is 101 Å². The van der Waals surface area contributed by atoms with Gasteiger partial charge in [-0.3, -0.25) is 19.9 Å². The fourth-order valence-electron chi connectivity index (χ4n) is 13.0. The van der Waals surface area contributed by atoms with E-state index in [9.17, 15) is 23.9 Å². The first-order chi connectivity index (χ1) is 36.7. The highest BCUT2D eigenvalue weighted by molar-refractivity contribution is 6.17. The summed E-state index contributed by atoms with van der Waals surface area (Å²) in [6.45, 7) is 7.17. The molecule has 3 atom stereocenters. The number of imide groups is 1. The maximum atomic E-state index is 16.9. The van der Waals surface area contributed by atoms with Gasteiger partial charge < -0.3 is 45.4 Å². The summed E-state index contributed by atoms with van der Waals surface area (Å²) in [5.74, 6) is 1.14. The van der Waals surface area contributed by atoms with Gasteiger partial charge in [-0.25, -0.2) is 8.78 Å². The number of nitrogens with zero attached hydrogens (tertiary/aromatic N) is 6. The number of phenolic OH excluding ortho intramolecular Hbond substituents is 1. The number of rotatable bonds is 12. The smallest absolute Gasteiger partial charge is 0.319 e. The zero-order valence-electron chi connectivity index (χ0n) is 43.5. The molecular weight excluding hydrogens is 967 g/mol. The molecular formula is C59H68F2N10O5. The number of amides is 2. The standard InChI is InChI=1S/C40H42F2N6O3.C19H26N4O2/c1-2-29-32(41)4-3-25-15-28(50)17-30(33(25)29)35-34(42)36-31(18-43-35)37(48-19-26-16-27(20-48)44-26)46-38(45-36)51-23-40(9-10-40)22-47-13-11-39(12-14-47)7-5-24(21-49)6-8-39;1-21-16-11-13(12-7-9-23(2)10-8-12)3-4-14(16)18(20)15-5-6-17(24)22-19(15)25/h1,3-4,15,17-18,21,24,26-27,44,50H,5-14,16,19-20,22-23H2;3-4,11-12,15,20-21H,5-10H2,1-2H3,(H,22,24,25). The van der Waals surface area contributed by atoms with Crippen LogP contribution < -0.4 is 25.6 Å². The molecule has 0 radical (unpaired) electrons. The third-order valence-electron chi connectivity index (χ3n) is 17.9. The number of aromatic nitrogens is 3. The van der Waals surface area contributed by atoms with Gasteiger partial charge in [0.05, 0.1) is 29.2 Å². The fraction of sp³-hybridized carbons (Fsp3) is 0.508. The Kier molecular flexibility index (Phi) is 14.3. The molecule has 2 aliphatic carbocycles. The van der Waals surface area contributed by atoms with E-state index < -0.39 is 17.6 Å². The third kappa shape index (κ3) is 10.4. The number of hydrogen-bond acceptors (Lipinski definition) is 14. The number of carbonyl (C=O) groups is 3. The highest BCUT2D eigenvalue weighted by Gasteiger charge is 2.47. The lowest BCUT2D eigenvalue weighted by Crippen LogP contribution is -2.67. The molecule has 6 aliphatic heterocycles. The summed E-state index contributed by atoms with van der Waals surface area (Å²) in [6, 6.07) is 12.5. The number of fused-ring (bicyclic) bond motifs is 4. The monoisotopic (exact) mass is 1030 g/mol. The van der Waals surface area contributed by atoms with Crippen LogP contribution in [0.15, 0.2) is 48.7 Å². The van der Waals surface area contributed by atoms with Gasteiger partial charge in [-0.2, -0.15) is 9.97 Å². The Bertz CT molecular complexity index is 3120. The van der Waals surface area contributed by atoms with Crippen LogP contribution in [0.3, 0.4) is 0 Å². The Labute approximate surface area is 442 Å². The Morgan fingerprint density at radius 1 is 0.974 bits per heavy atom. The van der Waals surface area contributed by atoms with Gasteiger partial charge in [0.25, 0.3) is 0 Å². The second-order valence-electron chi connectivity index (χ2n) is 23.0. The number of nitrogens with one attached hydrogen (secondary N) is 4. The Morgan fingerprint density at radius 3 is 2.38 bits per heavy atom. The van der Waals surface area contributed by atoms with Crippen LogP contribution in [0.5, 0.6) is 11.8 Å². The average Bonchev–Trinajstić information content (AvgIpc) is 4.21. The number of benzene rings is 3. The molecule has 17 heteroatoms. The van der Waals surface area contributed by atoms with Gasteiger partial charge >= 0.3 is 6.01 Å².